The van der Waals surface area contributed by atoms with E-state index in [0.717, 1.165) is 30.7 Å². The van der Waals surface area contributed by atoms with E-state index >= 15 is 0 Å². The van der Waals surface area contributed by atoms with Crippen LogP contribution in [0.1, 0.15) is 51.5 Å². The van der Waals surface area contributed by atoms with Crippen LogP contribution in [0.3, 0.4) is 0 Å². The van der Waals surface area contributed by atoms with Crippen molar-refractivity contribution in [2.45, 2.75) is 52.1 Å². The summed E-state index contributed by atoms with van der Waals surface area (Å²) in [5, 5.41) is 0. The molecule has 2 aliphatic heterocycles. The minimum atomic E-state index is -4.69. The fraction of sp³-hybridized carbons (Fsp3) is 0.571. The number of nitrogen functional groups attached to an aromatic ring is 1. The number of pyridine rings is 1. The predicted molar refractivity (Wildman–Crippen MR) is 152 cm³/mol. The lowest BCUT2D eigenvalue weighted by Crippen LogP contribution is -2.49. The van der Waals surface area contributed by atoms with Crippen molar-refractivity contribution in [3.8, 4) is 11.4 Å². The van der Waals surface area contributed by atoms with Crippen molar-refractivity contribution in [3.63, 3.8) is 0 Å². The SMILES string of the molecule is CC(C)=CC(=O)CCCCCC(=O)N1CCN(c2nc(-c3cnc(N)cc3C(F)(F)F)nc(N3CCOCC3)n2)CC1. The number of hydrogen-bond acceptors (Lipinski definition) is 10. The molecule has 2 fully saturated rings. The summed E-state index contributed by atoms with van der Waals surface area (Å²) in [5.41, 5.74) is 5.28. The lowest BCUT2D eigenvalue weighted by molar-refractivity contribution is -0.137. The van der Waals surface area contributed by atoms with E-state index in [0.29, 0.717) is 71.7 Å². The second-order valence-corrected chi connectivity index (χ2v) is 10.6. The molecular weight excluding hydrogens is 553 g/mol. The summed E-state index contributed by atoms with van der Waals surface area (Å²) in [6, 6.07) is 0.776. The van der Waals surface area contributed by atoms with Crippen LogP contribution in [0.15, 0.2) is 23.9 Å². The number of carbonyl (C=O) groups excluding carboxylic acids is 2. The van der Waals surface area contributed by atoms with Crippen LogP contribution >= 0.6 is 0 Å². The number of ether oxygens (including phenoxy) is 1. The molecule has 2 N–H and O–H groups in total. The van der Waals surface area contributed by atoms with Crippen molar-refractivity contribution in [1.82, 2.24) is 24.8 Å². The topological polar surface area (TPSA) is 131 Å². The molecular formula is C28H37F3N8O3. The number of hydrogen-bond donors (Lipinski definition) is 1. The summed E-state index contributed by atoms with van der Waals surface area (Å²) in [7, 11) is 0. The Bertz CT molecular complexity index is 1290. The monoisotopic (exact) mass is 590 g/mol. The van der Waals surface area contributed by atoms with Gasteiger partial charge in [-0.15, -0.1) is 0 Å². The number of ketones is 1. The number of unbranched alkanes of at least 4 members (excludes halogenated alkanes) is 2. The third-order valence-corrected chi connectivity index (χ3v) is 7.06. The van der Waals surface area contributed by atoms with Crippen LogP contribution in [0, 0.1) is 0 Å². The number of anilines is 3. The number of rotatable bonds is 10. The summed E-state index contributed by atoms with van der Waals surface area (Å²) in [6.45, 7) is 7.34. The number of morpholine rings is 1. The van der Waals surface area contributed by atoms with Gasteiger partial charge < -0.3 is 25.2 Å². The van der Waals surface area contributed by atoms with Crippen molar-refractivity contribution in [1.29, 1.82) is 0 Å². The Morgan fingerprint density at radius 3 is 2.17 bits per heavy atom. The van der Waals surface area contributed by atoms with Crippen LogP contribution in [-0.2, 0) is 20.5 Å². The van der Waals surface area contributed by atoms with E-state index < -0.39 is 11.7 Å². The largest absolute Gasteiger partial charge is 0.417 e. The zero-order valence-electron chi connectivity index (χ0n) is 24.0. The number of halogens is 3. The molecule has 11 nitrogen and oxygen atoms in total. The van der Waals surface area contributed by atoms with E-state index in [1.165, 1.54) is 0 Å². The average molecular weight is 591 g/mol. The predicted octanol–water partition coefficient (Wildman–Crippen LogP) is 3.51. The fourth-order valence-corrected chi connectivity index (χ4v) is 4.87. The van der Waals surface area contributed by atoms with Crippen LogP contribution in [0.4, 0.5) is 30.9 Å². The number of alkyl halides is 3. The maximum atomic E-state index is 13.9. The Balaban J connectivity index is 1.44. The Kier molecular flexibility index (Phi) is 10.3. The lowest BCUT2D eigenvalue weighted by Gasteiger charge is -2.35. The molecule has 4 rings (SSSR count). The van der Waals surface area contributed by atoms with Crippen molar-refractivity contribution in [2.75, 3.05) is 68.0 Å². The van der Waals surface area contributed by atoms with Gasteiger partial charge in [0.2, 0.25) is 17.8 Å². The highest BCUT2D eigenvalue weighted by atomic mass is 19.4. The normalized spacial score (nSPS) is 16.0. The lowest BCUT2D eigenvalue weighted by atomic mass is 10.1. The maximum absolute atomic E-state index is 13.9. The third kappa shape index (κ3) is 8.37. The highest BCUT2D eigenvalue weighted by molar-refractivity contribution is 5.90. The second kappa shape index (κ2) is 13.9. The zero-order chi connectivity index (χ0) is 30.3. The third-order valence-electron chi connectivity index (χ3n) is 7.06. The molecule has 0 aromatic carbocycles. The van der Waals surface area contributed by atoms with E-state index in [9.17, 15) is 22.8 Å². The molecule has 0 unspecified atom stereocenters. The Labute approximate surface area is 243 Å². The van der Waals surface area contributed by atoms with Gasteiger partial charge in [-0.3, -0.25) is 9.59 Å². The highest BCUT2D eigenvalue weighted by Gasteiger charge is 2.36. The van der Waals surface area contributed by atoms with Gasteiger partial charge in [0.15, 0.2) is 11.6 Å². The smallest absolute Gasteiger partial charge is 0.384 e. The first-order chi connectivity index (χ1) is 20.0. The average Bonchev–Trinajstić information content (AvgIpc) is 2.96. The summed E-state index contributed by atoms with van der Waals surface area (Å²) >= 11 is 0. The van der Waals surface area contributed by atoms with Gasteiger partial charge in [-0.2, -0.15) is 28.1 Å². The van der Waals surface area contributed by atoms with Crippen LogP contribution in [0.25, 0.3) is 11.4 Å². The van der Waals surface area contributed by atoms with Crippen LogP contribution in [0.5, 0.6) is 0 Å². The van der Waals surface area contributed by atoms with Crippen LogP contribution in [0.2, 0.25) is 0 Å². The summed E-state index contributed by atoms with van der Waals surface area (Å²) in [4.78, 5) is 47.4. The first-order valence-electron chi connectivity index (χ1n) is 14.1. The number of carbonyl (C=O) groups is 2. The van der Waals surface area contributed by atoms with Crippen molar-refractivity contribution >= 4 is 29.4 Å². The van der Waals surface area contributed by atoms with E-state index in [-0.39, 0.29) is 40.8 Å². The highest BCUT2D eigenvalue weighted by Crippen LogP contribution is 2.37. The standard InChI is InChI=1S/C28H37F3N8O3/c1-19(2)16-20(40)6-4-3-5-7-24(41)37-8-10-38(11-9-37)26-34-25(35-27(36-26)39-12-14-42-15-13-39)21-18-33-23(32)17-22(21)28(29,30)31/h16-18H,3-15H2,1-2H3,(H2,32,33). The first-order valence-corrected chi connectivity index (χ1v) is 14.1. The Morgan fingerprint density at radius 1 is 0.929 bits per heavy atom. The Hall–Kier alpha value is -3.81. The summed E-state index contributed by atoms with van der Waals surface area (Å²) in [6.07, 6.45) is 1.12. The molecule has 2 aromatic heterocycles. The molecule has 0 spiro atoms. The van der Waals surface area contributed by atoms with Crippen LogP contribution < -0.4 is 15.5 Å². The maximum Gasteiger partial charge on any atom is 0.417 e. The van der Waals surface area contributed by atoms with Gasteiger partial charge in [-0.25, -0.2) is 4.98 Å². The number of aromatic nitrogens is 4. The zero-order valence-corrected chi connectivity index (χ0v) is 24.0. The summed E-state index contributed by atoms with van der Waals surface area (Å²) < 4.78 is 47.1. The Morgan fingerprint density at radius 2 is 1.55 bits per heavy atom. The number of nitrogens with zero attached hydrogens (tertiary/aromatic N) is 7. The molecule has 2 saturated heterocycles. The van der Waals surface area contributed by atoms with E-state index in [2.05, 4.69) is 19.9 Å². The van der Waals surface area contributed by atoms with Crippen LogP contribution in [-0.4, -0.2) is 89.0 Å². The molecule has 2 aromatic rings. The molecule has 0 atom stereocenters. The minimum absolute atomic E-state index is 0.0402. The summed E-state index contributed by atoms with van der Waals surface area (Å²) in [5.74, 6) is 0.232. The molecule has 14 heteroatoms. The van der Waals surface area contributed by atoms with Crippen molar-refractivity contribution in [2.24, 2.45) is 0 Å². The molecule has 0 saturated carbocycles. The van der Waals surface area contributed by atoms with Gasteiger partial charge in [0.05, 0.1) is 24.3 Å². The minimum Gasteiger partial charge on any atom is -0.384 e. The second-order valence-electron chi connectivity index (χ2n) is 10.6. The first kappa shape index (κ1) is 31.1. The molecule has 1 amide bonds. The van der Waals surface area contributed by atoms with E-state index in [4.69, 9.17) is 10.5 Å². The number of allylic oxidation sites excluding steroid dienone is 2. The van der Waals surface area contributed by atoms with Gasteiger partial charge >= 0.3 is 6.18 Å². The molecule has 4 heterocycles. The fourth-order valence-electron chi connectivity index (χ4n) is 4.87. The van der Waals surface area contributed by atoms with Gasteiger partial charge in [0.1, 0.15) is 5.82 Å². The quantitative estimate of drug-likeness (QED) is 0.324. The molecule has 0 radical (unpaired) electrons. The molecule has 42 heavy (non-hydrogen) atoms. The van der Waals surface area contributed by atoms with Gasteiger partial charge in [-0.05, 0) is 38.8 Å². The number of piperazine rings is 1. The molecule has 0 aliphatic carbocycles. The van der Waals surface area contributed by atoms with Gasteiger partial charge in [0, 0.05) is 58.3 Å². The van der Waals surface area contributed by atoms with Gasteiger partial charge in [-0.1, -0.05) is 12.0 Å². The molecule has 228 valence electrons. The van der Waals surface area contributed by atoms with Crippen molar-refractivity contribution < 1.29 is 27.5 Å². The molecule has 2 aliphatic rings. The molecule has 0 bridgehead atoms. The number of nitrogens with two attached hydrogens (primary N) is 1. The van der Waals surface area contributed by atoms with Gasteiger partial charge in [0.25, 0.3) is 0 Å². The van der Waals surface area contributed by atoms with E-state index in [1.54, 1.807) is 11.0 Å². The van der Waals surface area contributed by atoms with Crippen molar-refractivity contribution in [3.05, 3.63) is 29.5 Å². The number of amides is 1. The van der Waals surface area contributed by atoms with E-state index in [1.807, 2.05) is 23.6 Å².